The van der Waals surface area contributed by atoms with E-state index in [2.05, 4.69) is 384 Å². The highest BCUT2D eigenvalue weighted by atomic mass is 16.3. The van der Waals surface area contributed by atoms with Crippen LogP contribution in [0.2, 0.25) is 0 Å². The molecular formula is C112H71NO. The van der Waals surface area contributed by atoms with Gasteiger partial charge in [0.1, 0.15) is 11.2 Å². The first-order chi connectivity index (χ1) is 56.1. The molecule has 0 fully saturated rings. The first-order valence-corrected chi connectivity index (χ1v) is 40.1. The van der Waals surface area contributed by atoms with Crippen molar-refractivity contribution in [3.63, 3.8) is 0 Å². The number of aromatic nitrogens is 1. The summed E-state index contributed by atoms with van der Waals surface area (Å²) in [6, 6.07) is 135. The molecule has 2 aromatic heterocycles. The second kappa shape index (κ2) is 23.2. The van der Waals surface area contributed by atoms with E-state index in [1.54, 1.807) is 0 Å². The van der Waals surface area contributed by atoms with Gasteiger partial charge in [0.05, 0.1) is 11.0 Å². The molecule has 4 aliphatic carbocycles. The molecule has 0 N–H and O–H groups in total. The summed E-state index contributed by atoms with van der Waals surface area (Å²) in [5, 5.41) is 15.1. The minimum atomic E-state index is -0.298. The summed E-state index contributed by atoms with van der Waals surface area (Å²) >= 11 is 0. The van der Waals surface area contributed by atoms with E-state index in [-0.39, 0.29) is 10.8 Å². The van der Waals surface area contributed by atoms with E-state index in [1.807, 2.05) is 6.07 Å². The molecule has 0 atom stereocenters. The molecule has 0 radical (unpaired) electrons. The van der Waals surface area contributed by atoms with Gasteiger partial charge in [-0.3, -0.25) is 0 Å². The zero-order valence-electron chi connectivity index (χ0n) is 63.4. The molecule has 25 rings (SSSR count). The molecule has 530 valence electrons. The van der Waals surface area contributed by atoms with Gasteiger partial charge in [-0.1, -0.05) is 313 Å². The molecule has 21 aromatic rings. The maximum absolute atomic E-state index is 6.30. The fourth-order valence-corrected chi connectivity index (χ4v) is 21.5. The number of hydrogen-bond donors (Lipinski definition) is 0. The molecule has 0 aliphatic heterocycles. The average molecular weight is 1450 g/mol. The maximum Gasteiger partial charge on any atom is 0.135 e. The smallest absolute Gasteiger partial charge is 0.135 e. The van der Waals surface area contributed by atoms with E-state index in [1.165, 1.54) is 237 Å². The molecule has 19 aromatic carbocycles. The molecule has 0 saturated heterocycles. The van der Waals surface area contributed by atoms with Gasteiger partial charge in [0, 0.05) is 38.1 Å². The highest BCUT2D eigenvalue weighted by Crippen LogP contribution is 2.65. The Morgan fingerprint density at radius 2 is 0.544 bits per heavy atom. The summed E-state index contributed by atoms with van der Waals surface area (Å²) in [5.41, 5.74) is 43.3. The minimum Gasteiger partial charge on any atom is -0.456 e. The van der Waals surface area contributed by atoms with Gasteiger partial charge in [-0.25, -0.2) is 0 Å². The number of nitrogens with zero attached hydrogens (tertiary/aromatic N) is 1. The van der Waals surface area contributed by atoms with Crippen molar-refractivity contribution in [3.05, 3.63) is 380 Å². The molecule has 2 nitrogen and oxygen atoms in total. The second-order valence-corrected chi connectivity index (χ2v) is 33.1. The van der Waals surface area contributed by atoms with Gasteiger partial charge in [0.2, 0.25) is 0 Å². The van der Waals surface area contributed by atoms with Gasteiger partial charge < -0.3 is 8.98 Å². The number of para-hydroxylation sites is 3. The highest BCUT2D eigenvalue weighted by molar-refractivity contribution is 6.32. The number of furan rings is 1. The van der Waals surface area contributed by atoms with Crippen LogP contribution < -0.4 is 0 Å². The van der Waals surface area contributed by atoms with Crippen LogP contribution in [0.1, 0.15) is 49.9 Å². The third-order valence-corrected chi connectivity index (χ3v) is 26.6. The second-order valence-electron chi connectivity index (χ2n) is 33.1. The lowest BCUT2D eigenvalue weighted by atomic mass is 9.79. The van der Waals surface area contributed by atoms with Crippen LogP contribution in [0.15, 0.2) is 362 Å². The molecule has 4 aliphatic rings. The molecule has 2 heterocycles. The zero-order valence-corrected chi connectivity index (χ0v) is 63.4. The molecule has 0 saturated carbocycles. The van der Waals surface area contributed by atoms with Crippen LogP contribution in [0.25, 0.3) is 237 Å². The van der Waals surface area contributed by atoms with Crippen LogP contribution in [-0.4, -0.2) is 4.57 Å². The van der Waals surface area contributed by atoms with Gasteiger partial charge in [-0.15, -0.1) is 0 Å². The van der Waals surface area contributed by atoms with E-state index in [4.69, 9.17) is 4.42 Å². The molecule has 0 bridgehead atoms. The predicted molar refractivity (Wildman–Crippen MR) is 480 cm³/mol. The number of fused-ring (bicyclic) bond motifs is 22. The Hall–Kier alpha value is -14.2. The quantitative estimate of drug-likeness (QED) is 0.148. The van der Waals surface area contributed by atoms with Gasteiger partial charge in [-0.2, -0.15) is 0 Å². The zero-order chi connectivity index (χ0) is 75.1. The molecule has 0 amide bonds. The van der Waals surface area contributed by atoms with Crippen molar-refractivity contribution in [1.29, 1.82) is 0 Å². The third-order valence-electron chi connectivity index (χ3n) is 26.6. The molecule has 0 unspecified atom stereocenters. The summed E-state index contributed by atoms with van der Waals surface area (Å²) in [4.78, 5) is 0. The SMILES string of the molecule is CC1(C)c2cc(-c3ccc4oc5ccccc5c4c3)ccc2-c2c1cc1c3c(cccc23)-c2c-1c(-c1ccc(-c3ccc(-c4c5c(c(-c6ccccc6)c6ccccc46)-c4cc6c(c7cccc-5c47)-c4ccc(-c5ccc7c(c5)c5ccccc5n7-c5ccccc5)cc4C6(C)C)cc3)cc1)c1ccccc1c2-c1ccccc1. The van der Waals surface area contributed by atoms with Crippen LogP contribution in [-0.2, 0) is 10.8 Å². The number of hydrogen-bond acceptors (Lipinski definition) is 1. The fraction of sp³-hybridized carbons (Fsp3) is 0.0536. The Morgan fingerprint density at radius 3 is 1.04 bits per heavy atom. The number of benzene rings is 19. The van der Waals surface area contributed by atoms with E-state index >= 15 is 0 Å². The number of rotatable bonds is 8. The van der Waals surface area contributed by atoms with Gasteiger partial charge >= 0.3 is 0 Å². The van der Waals surface area contributed by atoms with Crippen molar-refractivity contribution >= 4 is 86.8 Å². The van der Waals surface area contributed by atoms with Crippen molar-refractivity contribution in [2.75, 3.05) is 0 Å². The molecule has 114 heavy (non-hydrogen) atoms. The largest absolute Gasteiger partial charge is 0.456 e. The van der Waals surface area contributed by atoms with Crippen molar-refractivity contribution in [2.45, 2.75) is 38.5 Å². The summed E-state index contributed by atoms with van der Waals surface area (Å²) < 4.78 is 8.71. The lowest BCUT2D eigenvalue weighted by Gasteiger charge is -2.24. The standard InChI is InChI=1S/C112H71NO/c1-111(2)91-60-72(70-52-56-96-87(58-70)75-30-18-20-40-95(75)113(96)74-28-12-7-13-29-74)50-54-81(91)105-84-37-23-39-86-104(84)89(62-93(105)111)109-100(67-26-10-6-11-27-67)78-33-15-16-34-79(78)101(108(86)109)68-46-42-64(43-47-68)65-44-48-69(49-45-65)102-80-35-17-14-32-77(80)99(66-24-8-5-9-25-66)107-85-38-22-36-83-103(85)90(110(102)107)63-94-106(83)82-55-51-73(61-92(82)112(94,3)4)71-53-57-98-88(59-71)76-31-19-21-41-97(76)114-98/h5-63H,1-4H3. The molecular weight excluding hydrogens is 1380 g/mol. The van der Waals surface area contributed by atoms with E-state index in [0.29, 0.717) is 0 Å². The summed E-state index contributed by atoms with van der Waals surface area (Å²) in [6.07, 6.45) is 0. The highest BCUT2D eigenvalue weighted by Gasteiger charge is 2.43. The van der Waals surface area contributed by atoms with Crippen molar-refractivity contribution < 1.29 is 4.42 Å². The van der Waals surface area contributed by atoms with Crippen LogP contribution in [0.5, 0.6) is 0 Å². The van der Waals surface area contributed by atoms with Crippen LogP contribution in [0.4, 0.5) is 0 Å². The Bertz CT molecular complexity index is 7840. The third kappa shape index (κ3) is 8.64. The van der Waals surface area contributed by atoms with Crippen LogP contribution in [0, 0.1) is 0 Å². The van der Waals surface area contributed by atoms with Crippen LogP contribution in [0.3, 0.4) is 0 Å². The normalized spacial score (nSPS) is 13.6. The van der Waals surface area contributed by atoms with E-state index in [0.717, 1.165) is 21.9 Å². The van der Waals surface area contributed by atoms with E-state index in [9.17, 15) is 0 Å². The summed E-state index contributed by atoms with van der Waals surface area (Å²) in [6.45, 7) is 9.80. The van der Waals surface area contributed by atoms with Crippen LogP contribution >= 0.6 is 0 Å². The van der Waals surface area contributed by atoms with Crippen molar-refractivity contribution in [1.82, 2.24) is 4.57 Å². The van der Waals surface area contributed by atoms with Gasteiger partial charge in [0.15, 0.2) is 0 Å². The predicted octanol–water partition coefficient (Wildman–Crippen LogP) is 30.9. The molecule has 0 spiro atoms. The molecule has 2 heteroatoms. The van der Waals surface area contributed by atoms with Crippen molar-refractivity contribution in [3.8, 4) is 150 Å². The first kappa shape index (κ1) is 63.6. The Morgan fingerprint density at radius 1 is 0.193 bits per heavy atom. The summed E-state index contributed by atoms with van der Waals surface area (Å²) in [7, 11) is 0. The fourth-order valence-electron chi connectivity index (χ4n) is 21.5. The lowest BCUT2D eigenvalue weighted by molar-refractivity contribution is 0.661. The van der Waals surface area contributed by atoms with Gasteiger partial charge in [-0.05, 0) is 283 Å². The Kier molecular flexibility index (Phi) is 12.9. The Labute approximate surface area is 660 Å². The van der Waals surface area contributed by atoms with Crippen molar-refractivity contribution in [2.24, 2.45) is 0 Å². The lowest BCUT2D eigenvalue weighted by Crippen LogP contribution is -2.15. The van der Waals surface area contributed by atoms with Gasteiger partial charge in [0.25, 0.3) is 0 Å². The average Bonchev–Trinajstić information content (AvgIpc) is 1.52. The summed E-state index contributed by atoms with van der Waals surface area (Å²) in [5.74, 6) is 0. The van der Waals surface area contributed by atoms with E-state index < -0.39 is 0 Å². The Balaban J connectivity index is 0.610. The first-order valence-electron chi connectivity index (χ1n) is 40.1. The monoisotopic (exact) mass is 1450 g/mol. The maximum atomic E-state index is 6.30. The topological polar surface area (TPSA) is 18.1 Å². The minimum absolute atomic E-state index is 0.296.